The van der Waals surface area contributed by atoms with Crippen molar-refractivity contribution in [3.63, 3.8) is 0 Å². The van der Waals surface area contributed by atoms with Crippen LogP contribution in [0.3, 0.4) is 0 Å². The van der Waals surface area contributed by atoms with E-state index in [1.54, 1.807) is 29.2 Å². The molecule has 2 aromatic carbocycles. The number of hydrogen-bond donors (Lipinski definition) is 1. The van der Waals surface area contributed by atoms with Gasteiger partial charge in [0.05, 0.1) is 11.1 Å². The molecule has 0 aliphatic carbocycles. The number of carbonyl (C=O) groups excluding carboxylic acids is 4. The summed E-state index contributed by atoms with van der Waals surface area (Å²) >= 11 is 0. The van der Waals surface area contributed by atoms with E-state index in [0.29, 0.717) is 43.0 Å². The third-order valence-electron chi connectivity index (χ3n) is 6.19. The minimum Gasteiger partial charge on any atom is -0.354 e. The van der Waals surface area contributed by atoms with Gasteiger partial charge in [-0.25, -0.2) is 0 Å². The van der Waals surface area contributed by atoms with Crippen LogP contribution < -0.4 is 5.32 Å². The lowest BCUT2D eigenvalue weighted by Gasteiger charge is -2.31. The van der Waals surface area contributed by atoms with Crippen LogP contribution in [0.1, 0.15) is 71.9 Å². The maximum Gasteiger partial charge on any atom is 0.261 e. The largest absolute Gasteiger partial charge is 0.354 e. The Labute approximate surface area is 207 Å². The highest BCUT2D eigenvalue weighted by Crippen LogP contribution is 2.23. The van der Waals surface area contributed by atoms with E-state index < -0.39 is 6.04 Å². The standard InChI is InChI=1S/C28H35N3O4/c1-5-24(26(33)29-17-19(2)3)31(18-21-14-12-20(4)13-15-21)25(32)11-8-16-30-27(34)22-9-6-7-10-23(22)28(30)35/h6-7,9-10,12-15,19,24H,5,8,11,16-18H2,1-4H3,(H,29,33)/t24-/m1/s1. The number of aryl methyl sites for hydroxylation is 1. The lowest BCUT2D eigenvalue weighted by molar-refractivity contribution is -0.141. The van der Waals surface area contributed by atoms with Crippen molar-refractivity contribution in [1.29, 1.82) is 0 Å². The summed E-state index contributed by atoms with van der Waals surface area (Å²) in [6, 6.07) is 14.1. The van der Waals surface area contributed by atoms with Crippen molar-refractivity contribution in [1.82, 2.24) is 15.1 Å². The second-order valence-corrected chi connectivity index (χ2v) is 9.48. The Kier molecular flexibility index (Phi) is 8.79. The minimum absolute atomic E-state index is 0.132. The fourth-order valence-corrected chi connectivity index (χ4v) is 4.21. The summed E-state index contributed by atoms with van der Waals surface area (Å²) in [6.45, 7) is 8.97. The molecule has 35 heavy (non-hydrogen) atoms. The van der Waals surface area contributed by atoms with E-state index >= 15 is 0 Å². The van der Waals surface area contributed by atoms with Gasteiger partial charge < -0.3 is 10.2 Å². The molecular formula is C28H35N3O4. The van der Waals surface area contributed by atoms with Crippen molar-refractivity contribution in [3.05, 3.63) is 70.8 Å². The summed E-state index contributed by atoms with van der Waals surface area (Å²) in [4.78, 5) is 54.4. The first-order chi connectivity index (χ1) is 16.7. The lowest BCUT2D eigenvalue weighted by atomic mass is 10.1. The van der Waals surface area contributed by atoms with Gasteiger partial charge in [0.1, 0.15) is 6.04 Å². The summed E-state index contributed by atoms with van der Waals surface area (Å²) in [5.41, 5.74) is 2.86. The van der Waals surface area contributed by atoms with Gasteiger partial charge in [0, 0.05) is 26.1 Å². The van der Waals surface area contributed by atoms with E-state index in [9.17, 15) is 19.2 Å². The van der Waals surface area contributed by atoms with E-state index in [1.165, 1.54) is 4.90 Å². The van der Waals surface area contributed by atoms with E-state index in [-0.39, 0.29) is 36.6 Å². The van der Waals surface area contributed by atoms with Gasteiger partial charge in [0.2, 0.25) is 11.8 Å². The molecular weight excluding hydrogens is 442 g/mol. The Hall–Kier alpha value is -3.48. The molecule has 1 aliphatic heterocycles. The van der Waals surface area contributed by atoms with Crippen molar-refractivity contribution in [3.8, 4) is 0 Å². The second-order valence-electron chi connectivity index (χ2n) is 9.48. The van der Waals surface area contributed by atoms with Gasteiger partial charge in [-0.3, -0.25) is 24.1 Å². The number of rotatable bonds is 11. The van der Waals surface area contributed by atoms with Crippen LogP contribution in [-0.4, -0.2) is 52.6 Å². The summed E-state index contributed by atoms with van der Waals surface area (Å²) in [6.07, 6.45) is 0.950. The summed E-state index contributed by atoms with van der Waals surface area (Å²) in [5, 5.41) is 2.96. The molecule has 7 nitrogen and oxygen atoms in total. The highest BCUT2D eigenvalue weighted by molar-refractivity contribution is 6.21. The molecule has 1 aliphatic rings. The molecule has 0 bridgehead atoms. The van der Waals surface area contributed by atoms with Gasteiger partial charge >= 0.3 is 0 Å². The third kappa shape index (κ3) is 6.35. The molecule has 4 amide bonds. The van der Waals surface area contributed by atoms with Crippen LogP contribution >= 0.6 is 0 Å². The van der Waals surface area contributed by atoms with Crippen molar-refractivity contribution in [2.24, 2.45) is 5.92 Å². The van der Waals surface area contributed by atoms with Gasteiger partial charge in [0.15, 0.2) is 0 Å². The smallest absolute Gasteiger partial charge is 0.261 e. The molecule has 3 rings (SSSR count). The van der Waals surface area contributed by atoms with Gasteiger partial charge in [-0.05, 0) is 43.4 Å². The number of nitrogens with one attached hydrogen (secondary N) is 1. The van der Waals surface area contributed by atoms with Gasteiger partial charge in [0.25, 0.3) is 11.8 Å². The molecule has 0 radical (unpaired) electrons. The lowest BCUT2D eigenvalue weighted by Crippen LogP contribution is -2.49. The van der Waals surface area contributed by atoms with Crippen LogP contribution in [0.5, 0.6) is 0 Å². The van der Waals surface area contributed by atoms with Crippen LogP contribution in [0.4, 0.5) is 0 Å². The normalized spacial score (nSPS) is 13.7. The third-order valence-corrected chi connectivity index (χ3v) is 6.19. The number of imide groups is 1. The van der Waals surface area contributed by atoms with E-state index in [4.69, 9.17) is 0 Å². The average molecular weight is 478 g/mol. The zero-order chi connectivity index (χ0) is 25.5. The number of amides is 4. The van der Waals surface area contributed by atoms with Crippen LogP contribution in [0.2, 0.25) is 0 Å². The first-order valence-electron chi connectivity index (χ1n) is 12.3. The number of fused-ring (bicyclic) bond motifs is 1. The van der Waals surface area contributed by atoms with Crippen molar-refractivity contribution >= 4 is 23.6 Å². The molecule has 1 N–H and O–H groups in total. The molecule has 0 spiro atoms. The first kappa shape index (κ1) is 26.1. The highest BCUT2D eigenvalue weighted by atomic mass is 16.2. The topological polar surface area (TPSA) is 86.8 Å². The minimum atomic E-state index is -0.596. The molecule has 1 atom stereocenters. The van der Waals surface area contributed by atoms with E-state index in [2.05, 4.69) is 5.32 Å². The Balaban J connectivity index is 1.69. The number of nitrogens with zero attached hydrogens (tertiary/aromatic N) is 2. The van der Waals surface area contributed by atoms with E-state index in [1.807, 2.05) is 52.0 Å². The molecule has 0 saturated carbocycles. The Morgan fingerprint density at radius 1 is 0.971 bits per heavy atom. The van der Waals surface area contributed by atoms with Crippen LogP contribution in [0, 0.1) is 12.8 Å². The fraction of sp³-hybridized carbons (Fsp3) is 0.429. The Morgan fingerprint density at radius 3 is 2.11 bits per heavy atom. The van der Waals surface area contributed by atoms with Crippen molar-refractivity contribution < 1.29 is 19.2 Å². The maximum atomic E-state index is 13.4. The molecule has 0 aromatic heterocycles. The molecule has 186 valence electrons. The van der Waals surface area contributed by atoms with Gasteiger partial charge in [-0.15, -0.1) is 0 Å². The second kappa shape index (κ2) is 11.8. The maximum absolute atomic E-state index is 13.4. The van der Waals surface area contributed by atoms with Gasteiger partial charge in [-0.1, -0.05) is 62.7 Å². The molecule has 2 aromatic rings. The van der Waals surface area contributed by atoms with Crippen molar-refractivity contribution in [2.75, 3.05) is 13.1 Å². The molecule has 0 unspecified atom stereocenters. The van der Waals surface area contributed by atoms with Gasteiger partial charge in [-0.2, -0.15) is 0 Å². The fourth-order valence-electron chi connectivity index (χ4n) is 4.21. The summed E-state index contributed by atoms with van der Waals surface area (Å²) in [5.74, 6) is -0.684. The monoisotopic (exact) mass is 477 g/mol. The van der Waals surface area contributed by atoms with Crippen LogP contribution in [0.25, 0.3) is 0 Å². The molecule has 0 saturated heterocycles. The quantitative estimate of drug-likeness (QED) is 0.497. The zero-order valence-electron chi connectivity index (χ0n) is 21.0. The summed E-state index contributed by atoms with van der Waals surface area (Å²) < 4.78 is 0. The highest BCUT2D eigenvalue weighted by Gasteiger charge is 2.35. The Bertz CT molecular complexity index is 1040. The average Bonchev–Trinajstić information content (AvgIpc) is 3.08. The number of carbonyl (C=O) groups is 4. The van der Waals surface area contributed by atoms with Crippen LogP contribution in [-0.2, 0) is 16.1 Å². The summed E-state index contributed by atoms with van der Waals surface area (Å²) in [7, 11) is 0. The SMILES string of the molecule is CC[C@H](C(=O)NCC(C)C)N(Cc1ccc(C)cc1)C(=O)CCCN1C(=O)c2ccccc2C1=O. The Morgan fingerprint density at radius 2 is 1.57 bits per heavy atom. The first-order valence-corrected chi connectivity index (χ1v) is 12.3. The van der Waals surface area contributed by atoms with Crippen LogP contribution in [0.15, 0.2) is 48.5 Å². The molecule has 1 heterocycles. The predicted molar refractivity (Wildman–Crippen MR) is 135 cm³/mol. The van der Waals surface area contributed by atoms with E-state index in [0.717, 1.165) is 11.1 Å². The predicted octanol–water partition coefficient (Wildman–Crippen LogP) is 3.95. The number of hydrogen-bond acceptors (Lipinski definition) is 4. The molecule has 7 heteroatoms. The van der Waals surface area contributed by atoms with Crippen molar-refractivity contribution in [2.45, 2.75) is 59.5 Å². The zero-order valence-corrected chi connectivity index (χ0v) is 21.0. The number of benzene rings is 2. The molecule has 0 fully saturated rings.